The van der Waals surface area contributed by atoms with E-state index in [4.69, 9.17) is 4.74 Å². The van der Waals surface area contributed by atoms with Crippen molar-refractivity contribution in [1.29, 1.82) is 0 Å². The summed E-state index contributed by atoms with van der Waals surface area (Å²) in [5.41, 5.74) is 2.28. The van der Waals surface area contributed by atoms with Gasteiger partial charge in [-0.1, -0.05) is 36.4 Å². The highest BCUT2D eigenvalue weighted by atomic mass is 32.1. The Balaban J connectivity index is 1.64. The highest BCUT2D eigenvalue weighted by Crippen LogP contribution is 2.39. The lowest BCUT2D eigenvalue weighted by Gasteiger charge is -2.28. The van der Waals surface area contributed by atoms with E-state index in [1.54, 1.807) is 27.6 Å². The van der Waals surface area contributed by atoms with E-state index in [9.17, 15) is 4.79 Å². The van der Waals surface area contributed by atoms with Gasteiger partial charge in [-0.2, -0.15) is 0 Å². The SMILES string of the molecule is CN(Cc1cccs1)C(=O)c1cc(-c2ccccc2)c(N2CCOCC2)s1. The highest BCUT2D eigenvalue weighted by molar-refractivity contribution is 7.18. The van der Waals surface area contributed by atoms with Gasteiger partial charge in [-0.25, -0.2) is 0 Å². The van der Waals surface area contributed by atoms with E-state index >= 15 is 0 Å². The lowest BCUT2D eigenvalue weighted by molar-refractivity contribution is 0.0791. The molecule has 1 saturated heterocycles. The number of amides is 1. The fourth-order valence-electron chi connectivity index (χ4n) is 3.21. The third kappa shape index (κ3) is 4.08. The summed E-state index contributed by atoms with van der Waals surface area (Å²) in [5, 5.41) is 3.21. The van der Waals surface area contributed by atoms with Crippen molar-refractivity contribution in [2.75, 3.05) is 38.3 Å². The lowest BCUT2D eigenvalue weighted by Crippen LogP contribution is -2.35. The summed E-state index contributed by atoms with van der Waals surface area (Å²) in [7, 11) is 1.87. The van der Waals surface area contributed by atoms with Crippen molar-refractivity contribution in [2.45, 2.75) is 6.54 Å². The molecule has 0 spiro atoms. The Morgan fingerprint density at radius 1 is 1.15 bits per heavy atom. The molecule has 0 atom stereocenters. The topological polar surface area (TPSA) is 32.8 Å². The van der Waals surface area contributed by atoms with Crippen molar-refractivity contribution < 1.29 is 9.53 Å². The van der Waals surface area contributed by atoms with Gasteiger partial charge in [0.1, 0.15) is 0 Å². The quantitative estimate of drug-likeness (QED) is 0.630. The van der Waals surface area contributed by atoms with Gasteiger partial charge < -0.3 is 14.5 Å². The van der Waals surface area contributed by atoms with Crippen LogP contribution >= 0.6 is 22.7 Å². The number of nitrogens with zero attached hydrogens (tertiary/aromatic N) is 2. The summed E-state index contributed by atoms with van der Waals surface area (Å²) in [6.07, 6.45) is 0. The van der Waals surface area contributed by atoms with Crippen molar-refractivity contribution in [1.82, 2.24) is 4.90 Å². The molecule has 0 aliphatic carbocycles. The number of benzene rings is 1. The maximum atomic E-state index is 13.0. The normalized spacial score (nSPS) is 14.3. The van der Waals surface area contributed by atoms with Crippen LogP contribution in [0.1, 0.15) is 14.5 Å². The summed E-state index contributed by atoms with van der Waals surface area (Å²) >= 11 is 3.27. The zero-order valence-corrected chi connectivity index (χ0v) is 16.9. The zero-order chi connectivity index (χ0) is 18.6. The van der Waals surface area contributed by atoms with Gasteiger partial charge in [-0.05, 0) is 23.1 Å². The molecular weight excluding hydrogens is 376 g/mol. The minimum Gasteiger partial charge on any atom is -0.378 e. The molecule has 3 aromatic rings. The minimum absolute atomic E-state index is 0.0742. The number of thiophene rings is 2. The van der Waals surface area contributed by atoms with Gasteiger partial charge in [0.25, 0.3) is 5.91 Å². The standard InChI is InChI=1S/C21H22N2O2S2/c1-22(15-17-8-5-13-26-17)20(24)19-14-18(16-6-3-2-4-7-16)21(27-19)23-9-11-25-12-10-23/h2-8,13-14H,9-12,15H2,1H3. The average molecular weight is 399 g/mol. The van der Waals surface area contributed by atoms with Gasteiger partial charge in [0, 0.05) is 30.6 Å². The first kappa shape index (κ1) is 18.2. The Morgan fingerprint density at radius 2 is 1.93 bits per heavy atom. The predicted octanol–water partition coefficient (Wildman–Crippen LogP) is 4.59. The van der Waals surface area contributed by atoms with E-state index in [2.05, 4.69) is 29.2 Å². The molecule has 1 fully saturated rings. The number of carbonyl (C=O) groups excluding carboxylic acids is 1. The second kappa shape index (κ2) is 8.25. The van der Waals surface area contributed by atoms with Crippen molar-refractivity contribution in [3.05, 3.63) is 63.7 Å². The van der Waals surface area contributed by atoms with Crippen LogP contribution in [-0.4, -0.2) is 44.2 Å². The maximum Gasteiger partial charge on any atom is 0.264 e. The first-order chi connectivity index (χ1) is 13.2. The molecule has 3 heterocycles. The van der Waals surface area contributed by atoms with Crippen molar-refractivity contribution in [2.24, 2.45) is 0 Å². The summed E-state index contributed by atoms with van der Waals surface area (Å²) in [5.74, 6) is 0.0742. The van der Waals surface area contributed by atoms with E-state index in [1.807, 2.05) is 36.7 Å². The van der Waals surface area contributed by atoms with Crippen LogP contribution in [0.2, 0.25) is 0 Å². The highest BCUT2D eigenvalue weighted by Gasteiger charge is 2.23. The van der Waals surface area contributed by atoms with Crippen LogP contribution < -0.4 is 4.90 Å². The maximum absolute atomic E-state index is 13.0. The van der Waals surface area contributed by atoms with Crippen molar-refractivity contribution >= 4 is 33.6 Å². The largest absolute Gasteiger partial charge is 0.378 e. The molecule has 2 aromatic heterocycles. The molecular formula is C21H22N2O2S2. The smallest absolute Gasteiger partial charge is 0.264 e. The van der Waals surface area contributed by atoms with Crippen LogP contribution in [0.15, 0.2) is 53.9 Å². The van der Waals surface area contributed by atoms with Crippen LogP contribution in [-0.2, 0) is 11.3 Å². The van der Waals surface area contributed by atoms with Crippen LogP contribution in [0.3, 0.4) is 0 Å². The molecule has 4 nitrogen and oxygen atoms in total. The minimum atomic E-state index is 0.0742. The fraction of sp³-hybridized carbons (Fsp3) is 0.286. The third-order valence-electron chi connectivity index (χ3n) is 4.63. The first-order valence-electron chi connectivity index (χ1n) is 9.02. The third-order valence-corrected chi connectivity index (χ3v) is 6.67. The second-order valence-corrected chi connectivity index (χ2v) is 8.60. The molecule has 1 aliphatic rings. The summed E-state index contributed by atoms with van der Waals surface area (Å²) in [6.45, 7) is 3.82. The van der Waals surface area contributed by atoms with Crippen molar-refractivity contribution in [3.63, 3.8) is 0 Å². The number of ether oxygens (including phenoxy) is 1. The molecule has 0 unspecified atom stereocenters. The number of anilines is 1. The lowest BCUT2D eigenvalue weighted by atomic mass is 10.1. The van der Waals surface area contributed by atoms with E-state index in [-0.39, 0.29) is 5.91 Å². The van der Waals surface area contributed by atoms with Gasteiger partial charge >= 0.3 is 0 Å². The Hall–Kier alpha value is -2.15. The van der Waals surface area contributed by atoms with Crippen LogP contribution in [0.25, 0.3) is 11.1 Å². The van der Waals surface area contributed by atoms with Gasteiger partial charge in [0.05, 0.1) is 29.6 Å². The Labute approximate surface area is 167 Å². The summed E-state index contributed by atoms with van der Waals surface area (Å²) in [6, 6.07) is 16.5. The van der Waals surface area contributed by atoms with E-state index in [0.29, 0.717) is 6.54 Å². The Morgan fingerprint density at radius 3 is 2.63 bits per heavy atom. The van der Waals surface area contributed by atoms with Gasteiger partial charge in [0.2, 0.25) is 0 Å². The summed E-state index contributed by atoms with van der Waals surface area (Å²) in [4.78, 5) is 19.2. The fourth-order valence-corrected chi connectivity index (χ4v) is 5.19. The zero-order valence-electron chi connectivity index (χ0n) is 15.3. The van der Waals surface area contributed by atoms with E-state index < -0.39 is 0 Å². The molecule has 1 aliphatic heterocycles. The average Bonchev–Trinajstić information content (AvgIpc) is 3.38. The number of hydrogen-bond acceptors (Lipinski definition) is 5. The molecule has 0 N–H and O–H groups in total. The van der Waals surface area contributed by atoms with Gasteiger partial charge in [0.15, 0.2) is 0 Å². The second-order valence-electron chi connectivity index (χ2n) is 6.54. The molecule has 4 rings (SSSR count). The van der Waals surface area contributed by atoms with E-state index in [1.165, 1.54) is 4.88 Å². The molecule has 1 aromatic carbocycles. The first-order valence-corrected chi connectivity index (χ1v) is 10.7. The van der Waals surface area contributed by atoms with Crippen molar-refractivity contribution in [3.8, 4) is 11.1 Å². The number of morpholine rings is 1. The number of carbonyl (C=O) groups is 1. The molecule has 140 valence electrons. The molecule has 0 saturated carbocycles. The molecule has 6 heteroatoms. The number of rotatable bonds is 5. The molecule has 0 bridgehead atoms. The molecule has 1 amide bonds. The Kier molecular flexibility index (Phi) is 5.57. The van der Waals surface area contributed by atoms with Gasteiger partial charge in [-0.15, -0.1) is 22.7 Å². The molecule has 0 radical (unpaired) electrons. The monoisotopic (exact) mass is 398 g/mol. The molecule has 27 heavy (non-hydrogen) atoms. The predicted molar refractivity (Wildman–Crippen MR) is 113 cm³/mol. The summed E-state index contributed by atoms with van der Waals surface area (Å²) < 4.78 is 5.51. The van der Waals surface area contributed by atoms with Crippen LogP contribution in [0.4, 0.5) is 5.00 Å². The van der Waals surface area contributed by atoms with Crippen LogP contribution in [0.5, 0.6) is 0 Å². The van der Waals surface area contributed by atoms with Gasteiger partial charge in [-0.3, -0.25) is 4.79 Å². The van der Waals surface area contributed by atoms with Crippen LogP contribution in [0, 0.1) is 0 Å². The van der Waals surface area contributed by atoms with E-state index in [0.717, 1.165) is 47.3 Å². The number of hydrogen-bond donors (Lipinski definition) is 0. The Bertz CT molecular complexity index is 884.